The molecule has 5 rings (SSSR count). The summed E-state index contributed by atoms with van der Waals surface area (Å²) in [7, 11) is 0. The fraction of sp³-hybridized carbons (Fsp3) is 0.250. The molecule has 0 spiro atoms. The number of aromatic carboxylic acids is 1. The van der Waals surface area contributed by atoms with E-state index < -0.39 is 11.4 Å². The van der Waals surface area contributed by atoms with Gasteiger partial charge in [0.15, 0.2) is 11.5 Å². The monoisotopic (exact) mass is 407 g/mol. The summed E-state index contributed by atoms with van der Waals surface area (Å²) < 4.78 is 10.9. The Morgan fingerprint density at radius 3 is 2.63 bits per heavy atom. The number of nitrogens with one attached hydrogen (secondary N) is 1. The van der Waals surface area contributed by atoms with Gasteiger partial charge in [-0.1, -0.05) is 24.3 Å². The Hall–Kier alpha value is -3.54. The maximum absolute atomic E-state index is 13.3. The summed E-state index contributed by atoms with van der Waals surface area (Å²) in [6.07, 6.45) is 3.69. The van der Waals surface area contributed by atoms with Crippen molar-refractivity contribution in [1.82, 2.24) is 4.98 Å². The molecule has 2 heterocycles. The lowest BCUT2D eigenvalue weighted by molar-refractivity contribution is -0.120. The maximum atomic E-state index is 13.3. The van der Waals surface area contributed by atoms with Gasteiger partial charge in [-0.3, -0.25) is 4.79 Å². The second-order valence-corrected chi connectivity index (χ2v) is 8.01. The second-order valence-electron chi connectivity index (χ2n) is 8.01. The smallest absolute Gasteiger partial charge is 0.352 e. The summed E-state index contributed by atoms with van der Waals surface area (Å²) in [4.78, 5) is 27.2. The fourth-order valence-electron chi connectivity index (χ4n) is 4.17. The average molecular weight is 407 g/mol. The van der Waals surface area contributed by atoms with Crippen molar-refractivity contribution in [2.75, 3.05) is 6.79 Å². The number of Topliss-reactive ketones (excluding diaryl/α,β-unsaturated/α-hetero) is 1. The third-order valence-corrected chi connectivity index (χ3v) is 6.10. The van der Waals surface area contributed by atoms with E-state index in [9.17, 15) is 9.59 Å². The lowest BCUT2D eigenvalue weighted by Crippen LogP contribution is -2.22. The van der Waals surface area contributed by atoms with Gasteiger partial charge in [-0.2, -0.15) is 0 Å². The number of carbonyl (C=O) groups is 2. The van der Waals surface area contributed by atoms with Gasteiger partial charge in [-0.05, 0) is 60.2 Å². The first kappa shape index (κ1) is 18.5. The quantitative estimate of drug-likeness (QED) is 0.615. The molecule has 0 unspecified atom stereocenters. The van der Waals surface area contributed by atoms with Crippen molar-refractivity contribution in [3.63, 3.8) is 0 Å². The molecule has 0 amide bonds. The number of carbonyl (C=O) groups excluding carboxylic acids is 1. The standard InChI is InChI=1S/C24H21NO5.2H2/c1-14-2-3-15(8-18(14)16-10-19(23(27)28)25-12-16)9-22(26)24(6-7-24)17-4-5-20-21(11-17)30-13-29-20;;/h2-5,8,10-12,25H,6-7,9,13H2,1H3,(H,27,28);2*1H. The van der Waals surface area contributed by atoms with E-state index in [4.69, 9.17) is 14.6 Å². The van der Waals surface area contributed by atoms with Crippen molar-refractivity contribution in [2.45, 2.75) is 31.6 Å². The highest BCUT2D eigenvalue weighted by Gasteiger charge is 2.50. The molecule has 6 nitrogen and oxygen atoms in total. The van der Waals surface area contributed by atoms with E-state index in [2.05, 4.69) is 4.98 Å². The van der Waals surface area contributed by atoms with Gasteiger partial charge in [0.25, 0.3) is 0 Å². The van der Waals surface area contributed by atoms with Crippen LogP contribution in [0.5, 0.6) is 11.5 Å². The molecular weight excluding hydrogens is 382 g/mol. The molecule has 3 aromatic rings. The van der Waals surface area contributed by atoms with Gasteiger partial charge < -0.3 is 19.6 Å². The zero-order chi connectivity index (χ0) is 20.9. The number of aromatic nitrogens is 1. The maximum Gasteiger partial charge on any atom is 0.352 e. The van der Waals surface area contributed by atoms with E-state index in [1.807, 2.05) is 43.3 Å². The van der Waals surface area contributed by atoms with Gasteiger partial charge in [-0.25, -0.2) is 4.79 Å². The van der Waals surface area contributed by atoms with Crippen LogP contribution in [0, 0.1) is 6.92 Å². The van der Waals surface area contributed by atoms with Gasteiger partial charge in [0.05, 0.1) is 5.41 Å². The number of aryl methyl sites for hydroxylation is 1. The average Bonchev–Trinajstić information content (AvgIpc) is 3.17. The number of ether oxygens (including phenoxy) is 2. The van der Waals surface area contributed by atoms with Crippen LogP contribution >= 0.6 is 0 Å². The van der Waals surface area contributed by atoms with Gasteiger partial charge in [0, 0.05) is 21.0 Å². The van der Waals surface area contributed by atoms with Crippen LogP contribution in [0.25, 0.3) is 11.1 Å². The van der Waals surface area contributed by atoms with E-state index in [-0.39, 0.29) is 21.1 Å². The van der Waals surface area contributed by atoms with Crippen LogP contribution in [0.3, 0.4) is 0 Å². The second kappa shape index (κ2) is 6.76. The zero-order valence-corrected chi connectivity index (χ0v) is 16.5. The number of hydrogen-bond donors (Lipinski definition) is 2. The lowest BCUT2D eigenvalue weighted by atomic mass is 9.87. The molecule has 0 bridgehead atoms. The van der Waals surface area contributed by atoms with Gasteiger partial charge >= 0.3 is 5.97 Å². The Balaban J connectivity index is 0.00000144. The first-order valence-electron chi connectivity index (χ1n) is 9.91. The molecule has 2 aromatic carbocycles. The first-order chi connectivity index (χ1) is 14.5. The first-order valence-corrected chi connectivity index (χ1v) is 9.91. The largest absolute Gasteiger partial charge is 0.477 e. The molecule has 156 valence electrons. The molecule has 2 aliphatic rings. The van der Waals surface area contributed by atoms with Crippen molar-refractivity contribution in [1.29, 1.82) is 0 Å². The molecule has 1 saturated carbocycles. The lowest BCUT2D eigenvalue weighted by Gasteiger charge is -2.16. The van der Waals surface area contributed by atoms with Crippen molar-refractivity contribution in [3.8, 4) is 22.6 Å². The van der Waals surface area contributed by atoms with E-state index in [1.165, 1.54) is 0 Å². The molecule has 1 fully saturated rings. The van der Waals surface area contributed by atoms with E-state index in [0.29, 0.717) is 12.2 Å². The minimum Gasteiger partial charge on any atom is -0.477 e. The summed E-state index contributed by atoms with van der Waals surface area (Å²) in [5.41, 5.74) is 4.36. The number of ketones is 1. The van der Waals surface area contributed by atoms with Crippen molar-refractivity contribution in [2.24, 2.45) is 0 Å². The molecule has 1 aromatic heterocycles. The van der Waals surface area contributed by atoms with Gasteiger partial charge in [-0.15, -0.1) is 0 Å². The molecule has 0 atom stereocenters. The molecule has 0 radical (unpaired) electrons. The van der Waals surface area contributed by atoms with Crippen molar-refractivity contribution in [3.05, 3.63) is 71.0 Å². The predicted octanol–water partition coefficient (Wildman–Crippen LogP) is 4.75. The van der Waals surface area contributed by atoms with Crippen LogP contribution in [0.1, 0.15) is 42.9 Å². The highest BCUT2D eigenvalue weighted by Crippen LogP contribution is 2.51. The topological polar surface area (TPSA) is 88.6 Å². The SMILES string of the molecule is Cc1ccc(CC(=O)C2(c3ccc4c(c3)OCO4)CC2)cc1-c1c[nH]c(C(=O)O)c1.[HH].[HH]. The van der Waals surface area contributed by atoms with E-state index in [1.54, 1.807) is 12.3 Å². The molecular formula is C24H25NO5. The number of rotatable bonds is 6. The number of H-pyrrole nitrogens is 1. The summed E-state index contributed by atoms with van der Waals surface area (Å²) in [5, 5.41) is 9.16. The van der Waals surface area contributed by atoms with Gasteiger partial charge in [0.1, 0.15) is 11.5 Å². The van der Waals surface area contributed by atoms with Crippen molar-refractivity contribution < 1.29 is 27.0 Å². The number of carboxylic acids is 1. The Kier molecular flexibility index (Phi) is 4.17. The fourth-order valence-corrected chi connectivity index (χ4v) is 4.17. The zero-order valence-electron chi connectivity index (χ0n) is 16.5. The van der Waals surface area contributed by atoms with Crippen LogP contribution in [0.15, 0.2) is 48.7 Å². The minimum atomic E-state index is -0.996. The van der Waals surface area contributed by atoms with Crippen LogP contribution in [0.4, 0.5) is 0 Å². The highest BCUT2D eigenvalue weighted by molar-refractivity contribution is 5.95. The van der Waals surface area contributed by atoms with Crippen molar-refractivity contribution >= 4 is 11.8 Å². The van der Waals surface area contributed by atoms with Crippen LogP contribution in [-0.2, 0) is 16.6 Å². The Morgan fingerprint density at radius 1 is 1.10 bits per heavy atom. The predicted molar refractivity (Wildman–Crippen MR) is 114 cm³/mol. The number of aromatic amines is 1. The Morgan fingerprint density at radius 2 is 1.90 bits per heavy atom. The third kappa shape index (κ3) is 3.05. The van der Waals surface area contributed by atoms with E-state index >= 15 is 0 Å². The molecule has 6 heteroatoms. The number of benzene rings is 2. The summed E-state index contributed by atoms with van der Waals surface area (Å²) in [6.45, 7) is 2.19. The highest BCUT2D eigenvalue weighted by atomic mass is 16.7. The van der Waals surface area contributed by atoms with E-state index in [0.717, 1.165) is 46.4 Å². The third-order valence-electron chi connectivity index (χ3n) is 6.10. The summed E-state index contributed by atoms with van der Waals surface area (Å²) in [6, 6.07) is 13.3. The minimum absolute atomic E-state index is 0. The Bertz CT molecular complexity index is 1180. The van der Waals surface area contributed by atoms with Crippen LogP contribution in [-0.4, -0.2) is 28.6 Å². The molecule has 1 aliphatic carbocycles. The summed E-state index contributed by atoms with van der Waals surface area (Å²) >= 11 is 0. The molecule has 0 saturated heterocycles. The summed E-state index contributed by atoms with van der Waals surface area (Å²) in [5.74, 6) is 0.615. The number of carboxylic acid groups (broad SMARTS) is 1. The molecule has 2 N–H and O–H groups in total. The van der Waals surface area contributed by atoms with Crippen LogP contribution in [0.2, 0.25) is 0 Å². The normalized spacial score (nSPS) is 15.8. The Labute approximate surface area is 176 Å². The number of hydrogen-bond acceptors (Lipinski definition) is 4. The number of fused-ring (bicyclic) bond motifs is 1. The molecule has 1 aliphatic heterocycles. The van der Waals surface area contributed by atoms with Gasteiger partial charge in [0.2, 0.25) is 6.79 Å². The molecule has 30 heavy (non-hydrogen) atoms. The van der Waals surface area contributed by atoms with Crippen LogP contribution < -0.4 is 9.47 Å².